The molecule has 96 heavy (non-hydrogen) atoms. The molecular formula is C88H54N8. The molecule has 446 valence electrons. The van der Waals surface area contributed by atoms with Gasteiger partial charge in [-0.1, -0.05) is 297 Å². The van der Waals surface area contributed by atoms with Gasteiger partial charge in [0.25, 0.3) is 0 Å². The van der Waals surface area contributed by atoms with Crippen LogP contribution in [0.25, 0.3) is 168 Å². The van der Waals surface area contributed by atoms with Crippen molar-refractivity contribution in [2.75, 3.05) is 0 Å². The van der Waals surface area contributed by atoms with Gasteiger partial charge in [-0.3, -0.25) is 0 Å². The molecule has 2 aromatic heterocycles. The lowest BCUT2D eigenvalue weighted by molar-refractivity contribution is 1.07. The summed E-state index contributed by atoms with van der Waals surface area (Å²) in [4.78, 5) is 30.8. The first-order valence-electron chi connectivity index (χ1n) is 31.8. The quantitative estimate of drug-likeness (QED) is 0.112. The minimum atomic E-state index is 0.557. The van der Waals surface area contributed by atoms with E-state index < -0.39 is 0 Å². The van der Waals surface area contributed by atoms with Crippen LogP contribution >= 0.6 is 0 Å². The highest BCUT2D eigenvalue weighted by Gasteiger charge is 2.21. The SMILES string of the molecule is N#Cc1ccc(-c2ccc(-c3ccc4c(-c5cccc(-c6nc(-c7ccccc7)nc(-c7ccc(-c8c(-c9ccc(-c%10cccc(C#N)c%10)cc9)ccc9ccccc89)cc7)n6)c5)cccc4c3-c3ccc(-c4nc(-c5ccccc5)nc(-c5ccccc5)n4)cc3)cc2)cc1. The number of nitriles is 2. The van der Waals surface area contributed by atoms with Gasteiger partial charge in [0.2, 0.25) is 0 Å². The molecule has 0 aliphatic carbocycles. The lowest BCUT2D eigenvalue weighted by atomic mass is 9.86. The molecule has 16 rings (SSSR count). The van der Waals surface area contributed by atoms with Crippen molar-refractivity contribution < 1.29 is 0 Å². The molecule has 0 fully saturated rings. The van der Waals surface area contributed by atoms with Crippen molar-refractivity contribution >= 4 is 21.5 Å². The summed E-state index contributed by atoms with van der Waals surface area (Å²) in [6.45, 7) is 0. The number of nitrogens with zero attached hydrogens (tertiary/aromatic N) is 8. The summed E-state index contributed by atoms with van der Waals surface area (Å²) in [6.07, 6.45) is 0. The predicted molar refractivity (Wildman–Crippen MR) is 388 cm³/mol. The maximum Gasteiger partial charge on any atom is 0.164 e. The monoisotopic (exact) mass is 1220 g/mol. The second-order valence-electron chi connectivity index (χ2n) is 23.6. The van der Waals surface area contributed by atoms with Crippen LogP contribution in [-0.2, 0) is 0 Å². The maximum atomic E-state index is 9.59. The van der Waals surface area contributed by atoms with Gasteiger partial charge < -0.3 is 0 Å². The Morgan fingerprint density at radius 2 is 0.542 bits per heavy atom. The van der Waals surface area contributed by atoms with Gasteiger partial charge >= 0.3 is 0 Å². The van der Waals surface area contributed by atoms with E-state index >= 15 is 0 Å². The van der Waals surface area contributed by atoms with E-state index in [-0.39, 0.29) is 0 Å². The van der Waals surface area contributed by atoms with Gasteiger partial charge in [-0.05, 0) is 130 Å². The van der Waals surface area contributed by atoms with Crippen molar-refractivity contribution in [3.63, 3.8) is 0 Å². The number of hydrogen-bond donors (Lipinski definition) is 0. The van der Waals surface area contributed by atoms with Crippen LogP contribution in [0.4, 0.5) is 0 Å². The predicted octanol–water partition coefficient (Wildman–Crippen LogP) is 21.8. The van der Waals surface area contributed by atoms with Crippen LogP contribution in [-0.4, -0.2) is 29.9 Å². The van der Waals surface area contributed by atoms with Crippen LogP contribution in [0, 0.1) is 22.7 Å². The summed E-state index contributed by atoms with van der Waals surface area (Å²) >= 11 is 0. The standard InChI is InChI=1S/C88H54N8/c89-55-57-29-31-59(32-30-57)60-33-37-64(38-34-60)78-51-52-79-75(27-14-28-80(79)82(78)66-43-47-70(48-44-66)86-92-83(67-17-4-1-5-18-67)91-84(93-86)68-19-6-2-7-20-68)73-24-13-25-74(54-73)88-95-85(69-21-8-3-9-22-69)94-87(96-88)71-45-41-65(42-46-71)81-76-26-11-10-16-62(76)49-50-77(81)63-39-35-61(36-40-63)72-23-12-15-58(53-72)56-90/h1-54H. The summed E-state index contributed by atoms with van der Waals surface area (Å²) in [7, 11) is 0. The number of benzene rings is 14. The number of aromatic nitrogens is 6. The summed E-state index contributed by atoms with van der Waals surface area (Å²) in [5.41, 5.74) is 21.4. The van der Waals surface area contributed by atoms with Gasteiger partial charge in [0.05, 0.1) is 23.3 Å². The van der Waals surface area contributed by atoms with Gasteiger partial charge in [-0.15, -0.1) is 0 Å². The molecule has 0 unspecified atom stereocenters. The van der Waals surface area contributed by atoms with E-state index in [9.17, 15) is 10.5 Å². The van der Waals surface area contributed by atoms with Crippen molar-refractivity contribution in [3.05, 3.63) is 339 Å². The highest BCUT2D eigenvalue weighted by atomic mass is 15.0. The molecule has 0 spiro atoms. The van der Waals surface area contributed by atoms with Crippen molar-refractivity contribution in [1.29, 1.82) is 10.5 Å². The fraction of sp³-hybridized carbons (Fsp3) is 0. The highest BCUT2D eigenvalue weighted by Crippen LogP contribution is 2.44. The van der Waals surface area contributed by atoms with Crippen LogP contribution in [0.3, 0.4) is 0 Å². The van der Waals surface area contributed by atoms with Crippen molar-refractivity contribution in [1.82, 2.24) is 29.9 Å². The van der Waals surface area contributed by atoms with Gasteiger partial charge in [-0.25, -0.2) is 29.9 Å². The molecule has 2 heterocycles. The highest BCUT2D eigenvalue weighted by molar-refractivity contribution is 6.10. The Bertz CT molecular complexity index is 5610. The summed E-state index contributed by atoms with van der Waals surface area (Å²) in [5, 5.41) is 23.6. The minimum Gasteiger partial charge on any atom is -0.208 e. The van der Waals surface area contributed by atoms with E-state index in [4.69, 9.17) is 29.9 Å². The van der Waals surface area contributed by atoms with Crippen molar-refractivity contribution in [3.8, 4) is 158 Å². The van der Waals surface area contributed by atoms with Gasteiger partial charge in [0.1, 0.15) is 0 Å². The summed E-state index contributed by atoms with van der Waals surface area (Å²) in [5.74, 6) is 3.49. The lowest BCUT2D eigenvalue weighted by Crippen LogP contribution is -2.00. The van der Waals surface area contributed by atoms with E-state index in [2.05, 4.69) is 200 Å². The van der Waals surface area contributed by atoms with Crippen molar-refractivity contribution in [2.24, 2.45) is 0 Å². The van der Waals surface area contributed by atoms with E-state index in [0.717, 1.165) is 133 Å². The molecular weight excluding hydrogens is 1170 g/mol. The molecule has 14 aromatic carbocycles. The Hall–Kier alpha value is -13.4. The molecule has 0 bridgehead atoms. The maximum absolute atomic E-state index is 9.59. The molecule has 0 aliphatic heterocycles. The summed E-state index contributed by atoms with van der Waals surface area (Å²) in [6, 6.07) is 117. The van der Waals surface area contributed by atoms with Gasteiger partial charge in [0, 0.05) is 33.4 Å². The third-order valence-corrected chi connectivity index (χ3v) is 17.7. The molecule has 0 aliphatic rings. The zero-order valence-corrected chi connectivity index (χ0v) is 51.8. The third-order valence-electron chi connectivity index (χ3n) is 17.7. The first-order chi connectivity index (χ1) is 47.4. The Morgan fingerprint density at radius 1 is 0.188 bits per heavy atom. The van der Waals surface area contributed by atoms with Gasteiger partial charge in [-0.2, -0.15) is 10.5 Å². The van der Waals surface area contributed by atoms with Crippen LogP contribution in [0.2, 0.25) is 0 Å². The number of rotatable bonds is 13. The zero-order chi connectivity index (χ0) is 64.3. The van der Waals surface area contributed by atoms with Crippen LogP contribution in [0.15, 0.2) is 328 Å². The molecule has 8 heteroatoms. The van der Waals surface area contributed by atoms with Crippen molar-refractivity contribution in [2.45, 2.75) is 0 Å². The van der Waals surface area contributed by atoms with Crippen LogP contribution < -0.4 is 0 Å². The molecule has 0 amide bonds. The average Bonchev–Trinajstić information content (AvgIpc) is 0.767. The topological polar surface area (TPSA) is 125 Å². The van der Waals surface area contributed by atoms with E-state index in [1.807, 2.05) is 140 Å². The Labute approximate surface area is 555 Å². The zero-order valence-electron chi connectivity index (χ0n) is 51.8. The first-order valence-corrected chi connectivity index (χ1v) is 31.8. The second kappa shape index (κ2) is 25.4. The molecule has 8 nitrogen and oxygen atoms in total. The lowest BCUT2D eigenvalue weighted by Gasteiger charge is -2.17. The first kappa shape index (κ1) is 57.7. The molecule has 0 saturated carbocycles. The Balaban J connectivity index is 0.779. The smallest absolute Gasteiger partial charge is 0.164 e. The molecule has 0 saturated heterocycles. The second-order valence-corrected chi connectivity index (χ2v) is 23.6. The Kier molecular flexibility index (Phi) is 15.2. The number of fused-ring (bicyclic) bond motifs is 2. The third kappa shape index (κ3) is 11.4. The molecule has 0 atom stereocenters. The van der Waals surface area contributed by atoms with E-state index in [0.29, 0.717) is 46.1 Å². The summed E-state index contributed by atoms with van der Waals surface area (Å²) < 4.78 is 0. The fourth-order valence-electron chi connectivity index (χ4n) is 12.9. The average molecular weight is 1220 g/mol. The number of hydrogen-bond acceptors (Lipinski definition) is 8. The largest absolute Gasteiger partial charge is 0.208 e. The van der Waals surface area contributed by atoms with E-state index in [1.165, 1.54) is 0 Å². The van der Waals surface area contributed by atoms with Crippen LogP contribution in [0.5, 0.6) is 0 Å². The normalized spacial score (nSPS) is 11.1. The molecule has 0 radical (unpaired) electrons. The van der Waals surface area contributed by atoms with Gasteiger partial charge in [0.15, 0.2) is 34.9 Å². The van der Waals surface area contributed by atoms with E-state index in [1.54, 1.807) is 0 Å². The minimum absolute atomic E-state index is 0.557. The fourth-order valence-corrected chi connectivity index (χ4v) is 12.9. The molecule has 16 aromatic rings. The van der Waals surface area contributed by atoms with Crippen LogP contribution in [0.1, 0.15) is 11.1 Å². The Morgan fingerprint density at radius 3 is 1.06 bits per heavy atom. The molecule has 0 N–H and O–H groups in total.